The van der Waals surface area contributed by atoms with Crippen molar-refractivity contribution in [3.8, 4) is 0 Å². The number of amides is 1. The smallest absolute Gasteiger partial charge is 0.220 e. The lowest BCUT2D eigenvalue weighted by Gasteiger charge is -2.20. The van der Waals surface area contributed by atoms with Gasteiger partial charge in [-0.15, -0.1) is 0 Å². The number of hydrogen-bond acceptors (Lipinski definition) is 3. The monoisotopic (exact) mass is 628 g/mol. The van der Waals surface area contributed by atoms with Gasteiger partial charge in [-0.3, -0.25) is 9.79 Å². The second-order valence-corrected chi connectivity index (χ2v) is 13.7. The molecule has 1 amide bonds. The van der Waals surface area contributed by atoms with Crippen LogP contribution in [0.15, 0.2) is 29.3 Å². The summed E-state index contributed by atoms with van der Waals surface area (Å²) in [7, 11) is 0. The molecule has 0 saturated carbocycles. The predicted octanol–water partition coefficient (Wildman–Crippen LogP) is 12.3. The fourth-order valence-electron chi connectivity index (χ4n) is 6.31. The first-order valence-electron chi connectivity index (χ1n) is 20.1. The number of hydrogen-bond donors (Lipinski definition) is 1. The third-order valence-electron chi connectivity index (χ3n) is 9.31. The minimum absolute atomic E-state index is 0.221. The number of amidine groups is 1. The zero-order valence-corrected chi connectivity index (χ0v) is 30.4. The molecule has 0 aromatic carbocycles. The molecule has 1 heterocycles. The summed E-state index contributed by atoms with van der Waals surface area (Å²) in [4.78, 5) is 19.5. The highest BCUT2D eigenvalue weighted by molar-refractivity contribution is 5.83. The number of allylic oxidation sites excluding steroid dienone is 4. The van der Waals surface area contributed by atoms with Gasteiger partial charge in [0.1, 0.15) is 0 Å². The molecular weight excluding hydrogens is 550 g/mol. The molecule has 0 atom stereocenters. The van der Waals surface area contributed by atoms with Crippen molar-refractivity contribution >= 4 is 11.7 Å². The van der Waals surface area contributed by atoms with Crippen molar-refractivity contribution in [2.45, 2.75) is 200 Å². The van der Waals surface area contributed by atoms with Crippen molar-refractivity contribution in [2.75, 3.05) is 26.2 Å². The highest BCUT2D eigenvalue weighted by Gasteiger charge is 2.16. The molecule has 1 aliphatic rings. The predicted molar refractivity (Wildman–Crippen MR) is 200 cm³/mol. The normalized spacial score (nSPS) is 13.5. The van der Waals surface area contributed by atoms with Crippen molar-refractivity contribution in [1.82, 2.24) is 10.2 Å². The van der Waals surface area contributed by atoms with Crippen LogP contribution < -0.4 is 5.32 Å². The Kier molecular flexibility index (Phi) is 31.1. The summed E-state index contributed by atoms with van der Waals surface area (Å²) < 4.78 is 0. The van der Waals surface area contributed by atoms with Crippen LogP contribution in [-0.2, 0) is 4.79 Å². The summed E-state index contributed by atoms with van der Waals surface area (Å²) in [6, 6.07) is 0. The van der Waals surface area contributed by atoms with Crippen LogP contribution in [0.2, 0.25) is 0 Å². The van der Waals surface area contributed by atoms with Crippen molar-refractivity contribution in [3.63, 3.8) is 0 Å². The van der Waals surface area contributed by atoms with Crippen molar-refractivity contribution in [1.29, 1.82) is 0 Å². The minimum atomic E-state index is 0.221. The Morgan fingerprint density at radius 2 is 1.02 bits per heavy atom. The van der Waals surface area contributed by atoms with E-state index in [1.165, 1.54) is 173 Å². The van der Waals surface area contributed by atoms with Gasteiger partial charge in [0.25, 0.3) is 0 Å². The van der Waals surface area contributed by atoms with Crippen LogP contribution in [0.1, 0.15) is 200 Å². The summed E-state index contributed by atoms with van der Waals surface area (Å²) in [5, 5.41) is 3.15. The Bertz CT molecular complexity index is 728. The second kappa shape index (κ2) is 33.8. The Labute approximate surface area is 281 Å². The van der Waals surface area contributed by atoms with Gasteiger partial charge in [0.2, 0.25) is 5.91 Å². The topological polar surface area (TPSA) is 44.7 Å². The molecular formula is C41H77N3O. The Hall–Kier alpha value is -1.58. The van der Waals surface area contributed by atoms with Gasteiger partial charge in [-0.2, -0.15) is 0 Å². The van der Waals surface area contributed by atoms with Crippen LogP contribution in [0.4, 0.5) is 0 Å². The van der Waals surface area contributed by atoms with E-state index in [0.29, 0.717) is 6.42 Å². The average Bonchev–Trinajstić information content (AvgIpc) is 3.49. The highest BCUT2D eigenvalue weighted by Crippen LogP contribution is 2.14. The van der Waals surface area contributed by atoms with E-state index in [2.05, 4.69) is 48.4 Å². The van der Waals surface area contributed by atoms with Crippen LogP contribution in [0.3, 0.4) is 0 Å². The molecule has 4 nitrogen and oxygen atoms in total. The molecule has 0 fully saturated rings. The Morgan fingerprint density at radius 1 is 0.600 bits per heavy atom. The van der Waals surface area contributed by atoms with E-state index in [1.807, 2.05) is 0 Å². The van der Waals surface area contributed by atoms with Gasteiger partial charge in [-0.05, 0) is 64.2 Å². The molecule has 0 saturated heterocycles. The lowest BCUT2D eigenvalue weighted by molar-refractivity contribution is -0.121. The first-order valence-corrected chi connectivity index (χ1v) is 20.1. The van der Waals surface area contributed by atoms with Crippen LogP contribution in [0.25, 0.3) is 0 Å². The molecule has 1 rings (SSSR count). The van der Waals surface area contributed by atoms with Crippen LogP contribution in [0.5, 0.6) is 0 Å². The zero-order chi connectivity index (χ0) is 32.3. The third kappa shape index (κ3) is 28.4. The van der Waals surface area contributed by atoms with Crippen molar-refractivity contribution in [3.05, 3.63) is 24.3 Å². The number of nitrogens with zero attached hydrogens (tertiary/aromatic N) is 2. The molecule has 0 radical (unpaired) electrons. The van der Waals surface area contributed by atoms with Gasteiger partial charge < -0.3 is 10.2 Å². The maximum atomic E-state index is 12.3. The molecule has 0 spiro atoms. The maximum Gasteiger partial charge on any atom is 0.220 e. The number of aliphatic imine (C=N–C) groups is 1. The lowest BCUT2D eigenvalue weighted by Crippen LogP contribution is -2.36. The van der Waals surface area contributed by atoms with E-state index in [9.17, 15) is 4.79 Å². The van der Waals surface area contributed by atoms with Gasteiger partial charge >= 0.3 is 0 Å². The number of carbonyl (C=O) groups is 1. The summed E-state index contributed by atoms with van der Waals surface area (Å²) >= 11 is 0. The zero-order valence-electron chi connectivity index (χ0n) is 30.4. The van der Waals surface area contributed by atoms with Gasteiger partial charge in [-0.1, -0.05) is 147 Å². The van der Waals surface area contributed by atoms with Gasteiger partial charge in [0.15, 0.2) is 0 Å². The van der Waals surface area contributed by atoms with E-state index >= 15 is 0 Å². The Balaban J connectivity index is 1.88. The second-order valence-electron chi connectivity index (χ2n) is 13.7. The van der Waals surface area contributed by atoms with Gasteiger partial charge in [0, 0.05) is 32.5 Å². The van der Waals surface area contributed by atoms with Crippen LogP contribution >= 0.6 is 0 Å². The highest BCUT2D eigenvalue weighted by atomic mass is 16.1. The first-order chi connectivity index (χ1) is 22.3. The average molecular weight is 628 g/mol. The van der Waals surface area contributed by atoms with E-state index < -0.39 is 0 Å². The standard InChI is InChI=1S/C41H77N3O/c1-3-5-7-9-11-13-15-17-19-21-22-24-26-28-30-32-34-40-42-36-38-44(40)39-37-43-41(45)35-33-31-29-27-25-23-20-18-16-14-12-10-8-6-4-2/h17-20H,3-16,21-39H2,1-2H3,(H,43,45). The fraction of sp³-hybridized carbons (Fsp3) is 0.854. The molecule has 0 aliphatic carbocycles. The molecule has 1 N–H and O–H groups in total. The van der Waals surface area contributed by atoms with E-state index in [1.54, 1.807) is 0 Å². The van der Waals surface area contributed by atoms with Gasteiger partial charge in [0.05, 0.1) is 12.4 Å². The molecule has 4 heteroatoms. The number of rotatable bonds is 34. The molecule has 262 valence electrons. The SMILES string of the molecule is CCCCCCCCC=CCCCCCCCCC1=NCCN1CCNC(=O)CCCCCCCC=CCCCCCCCC. The quantitative estimate of drug-likeness (QED) is 0.0570. The Morgan fingerprint density at radius 3 is 1.51 bits per heavy atom. The van der Waals surface area contributed by atoms with Crippen molar-refractivity contribution in [2.24, 2.45) is 4.99 Å². The van der Waals surface area contributed by atoms with E-state index in [4.69, 9.17) is 4.99 Å². The van der Waals surface area contributed by atoms with Crippen molar-refractivity contribution < 1.29 is 4.79 Å². The molecule has 0 aromatic rings. The molecule has 0 aromatic heterocycles. The largest absolute Gasteiger partial charge is 0.357 e. The number of unbranched alkanes of at least 4 members (excludes halogenated alkanes) is 23. The lowest BCUT2D eigenvalue weighted by atomic mass is 10.1. The van der Waals surface area contributed by atoms with Gasteiger partial charge in [-0.25, -0.2) is 0 Å². The van der Waals surface area contributed by atoms with Crippen LogP contribution in [0, 0.1) is 0 Å². The molecule has 0 unspecified atom stereocenters. The number of nitrogens with one attached hydrogen (secondary N) is 1. The van der Waals surface area contributed by atoms with Crippen LogP contribution in [-0.4, -0.2) is 42.8 Å². The summed E-state index contributed by atoms with van der Waals surface area (Å²) in [6.45, 7) is 8.16. The summed E-state index contributed by atoms with van der Waals surface area (Å²) in [5.41, 5.74) is 0. The number of carbonyl (C=O) groups excluding carboxylic acids is 1. The third-order valence-corrected chi connectivity index (χ3v) is 9.31. The minimum Gasteiger partial charge on any atom is -0.357 e. The van der Waals surface area contributed by atoms with E-state index in [0.717, 1.165) is 39.0 Å². The molecule has 1 aliphatic heterocycles. The molecule has 0 bridgehead atoms. The first kappa shape index (κ1) is 41.4. The fourth-order valence-corrected chi connectivity index (χ4v) is 6.31. The summed E-state index contributed by atoms with van der Waals surface area (Å²) in [6.07, 6.45) is 47.1. The summed E-state index contributed by atoms with van der Waals surface area (Å²) in [5.74, 6) is 1.50. The molecule has 45 heavy (non-hydrogen) atoms. The maximum absolute atomic E-state index is 12.3. The van der Waals surface area contributed by atoms with E-state index in [-0.39, 0.29) is 5.91 Å².